The SMILES string of the molecule is Cn1c2ccc1c(-c1ccc(OCCC[N+](C)(C)C)cc1)c1nc(cc3ccc([nH]3)c(-c3ccc(OCCC[N+](C)(C)C)cc3)c3nc(c2)C=C3)C=C1. The Bertz CT molecular complexity index is 2310. The van der Waals surface area contributed by atoms with Gasteiger partial charge in [-0.2, -0.15) is 0 Å². The predicted octanol–water partition coefficient (Wildman–Crippen LogP) is 8.95. The first kappa shape index (κ1) is 35.9. The van der Waals surface area contributed by atoms with Crippen LogP contribution >= 0.6 is 0 Å². The third kappa shape index (κ3) is 8.79. The molecule has 3 aromatic heterocycles. The number of aromatic nitrogens is 4. The molecular weight excluding hydrogens is 657 g/mol. The first-order chi connectivity index (χ1) is 25.4. The minimum absolute atomic E-state index is 0.696. The van der Waals surface area contributed by atoms with Gasteiger partial charge in [-0.3, -0.25) is 0 Å². The van der Waals surface area contributed by atoms with Crippen LogP contribution in [0.3, 0.4) is 0 Å². The maximum atomic E-state index is 6.11. The monoisotopic (exact) mass is 708 g/mol. The number of quaternary nitrogens is 2. The zero-order valence-corrected chi connectivity index (χ0v) is 32.2. The van der Waals surface area contributed by atoms with Gasteiger partial charge >= 0.3 is 0 Å². The molecule has 0 spiro atoms. The lowest BCUT2D eigenvalue weighted by Crippen LogP contribution is -2.36. The van der Waals surface area contributed by atoms with Gasteiger partial charge in [0.05, 0.1) is 96.9 Å². The van der Waals surface area contributed by atoms with Crippen molar-refractivity contribution in [3.8, 4) is 33.8 Å². The van der Waals surface area contributed by atoms with Crippen LogP contribution in [-0.4, -0.2) is 97.1 Å². The minimum atomic E-state index is 0.696. The highest BCUT2D eigenvalue weighted by molar-refractivity contribution is 5.93. The van der Waals surface area contributed by atoms with Crippen molar-refractivity contribution in [2.24, 2.45) is 7.05 Å². The number of nitrogens with one attached hydrogen (secondary N) is 1. The predicted molar refractivity (Wildman–Crippen MR) is 220 cm³/mol. The largest absolute Gasteiger partial charge is 0.493 e. The van der Waals surface area contributed by atoms with E-state index in [1.807, 2.05) is 0 Å². The molecule has 0 saturated heterocycles. The fourth-order valence-electron chi connectivity index (χ4n) is 6.83. The van der Waals surface area contributed by atoms with Gasteiger partial charge in [0.2, 0.25) is 0 Å². The highest BCUT2D eigenvalue weighted by Gasteiger charge is 2.15. The fourth-order valence-corrected chi connectivity index (χ4v) is 6.83. The smallest absolute Gasteiger partial charge is 0.119 e. The van der Waals surface area contributed by atoms with Gasteiger partial charge in [-0.25, -0.2) is 9.97 Å². The molecule has 0 unspecified atom stereocenters. The Morgan fingerprint density at radius 1 is 0.585 bits per heavy atom. The summed E-state index contributed by atoms with van der Waals surface area (Å²) in [6.07, 6.45) is 10.4. The third-order valence-corrected chi connectivity index (χ3v) is 9.60. The van der Waals surface area contributed by atoms with E-state index < -0.39 is 0 Å². The van der Waals surface area contributed by atoms with Gasteiger partial charge in [0.15, 0.2) is 0 Å². The normalized spacial score (nSPS) is 12.7. The quantitative estimate of drug-likeness (QED) is 0.102. The molecule has 5 aromatic rings. The second-order valence-electron chi connectivity index (χ2n) is 16.1. The number of ether oxygens (including phenoxy) is 2. The average Bonchev–Trinajstić information content (AvgIpc) is 3.93. The summed E-state index contributed by atoms with van der Waals surface area (Å²) in [5.74, 6) is 1.75. The molecule has 5 heterocycles. The molecule has 0 fully saturated rings. The summed E-state index contributed by atoms with van der Waals surface area (Å²) in [7, 11) is 15.3. The first-order valence-electron chi connectivity index (χ1n) is 18.5. The van der Waals surface area contributed by atoms with E-state index in [1.165, 1.54) is 0 Å². The van der Waals surface area contributed by atoms with Crippen LogP contribution in [0.25, 0.3) is 68.6 Å². The Labute approximate surface area is 313 Å². The third-order valence-electron chi connectivity index (χ3n) is 9.60. The number of hydrogen-bond donors (Lipinski definition) is 1. The number of aryl methyl sites for hydroxylation is 1. The maximum absolute atomic E-state index is 6.11. The summed E-state index contributed by atoms with van der Waals surface area (Å²) in [6, 6.07) is 29.6. The molecular formula is C45H52N6O2+2. The van der Waals surface area contributed by atoms with Crippen molar-refractivity contribution in [1.29, 1.82) is 0 Å². The molecule has 0 atom stereocenters. The number of benzene rings is 2. The van der Waals surface area contributed by atoms with E-state index in [0.717, 1.165) is 113 Å². The Balaban J connectivity index is 1.28. The Kier molecular flexibility index (Phi) is 10.1. The van der Waals surface area contributed by atoms with E-state index in [-0.39, 0.29) is 0 Å². The van der Waals surface area contributed by atoms with Crippen molar-refractivity contribution < 1.29 is 18.4 Å². The maximum Gasteiger partial charge on any atom is 0.119 e. The van der Waals surface area contributed by atoms with Crippen LogP contribution in [0.5, 0.6) is 11.5 Å². The summed E-state index contributed by atoms with van der Waals surface area (Å²) in [6.45, 7) is 3.53. The molecule has 8 bridgehead atoms. The Morgan fingerprint density at radius 3 is 1.68 bits per heavy atom. The lowest BCUT2D eigenvalue weighted by Gasteiger charge is -2.23. The number of aromatic amines is 1. The van der Waals surface area contributed by atoms with Crippen molar-refractivity contribution in [3.05, 3.63) is 108 Å². The average molecular weight is 709 g/mol. The van der Waals surface area contributed by atoms with Crippen LogP contribution < -0.4 is 9.47 Å². The molecule has 0 saturated carbocycles. The molecule has 2 aliphatic heterocycles. The summed E-state index contributed by atoms with van der Waals surface area (Å²) in [5.41, 5.74) is 11.9. The standard InChI is InChI=1S/C45H52N6O2/c1-49-37-17-25-43(49)45(33-12-20-39(21-13-33)53-29-9-27-51(5,6)7)42-24-15-35(47-42)30-34-14-22-40(46-34)44(41-23-16-36(31-37)48-41)32-10-18-38(19-11-32)52-28-8-26-50(2,3)4/h10-25,30-31,46H,8-9,26-29H2,1-7H3/q+2. The van der Waals surface area contributed by atoms with Crippen LogP contribution in [0.4, 0.5) is 0 Å². The molecule has 7 rings (SSSR count). The van der Waals surface area contributed by atoms with Crippen LogP contribution in [0.15, 0.2) is 84.9 Å². The van der Waals surface area contributed by atoms with Crippen molar-refractivity contribution in [1.82, 2.24) is 19.5 Å². The van der Waals surface area contributed by atoms with E-state index in [1.54, 1.807) is 0 Å². The van der Waals surface area contributed by atoms with E-state index in [0.29, 0.717) is 13.2 Å². The van der Waals surface area contributed by atoms with Crippen LogP contribution in [-0.2, 0) is 7.05 Å². The number of fused-ring (bicyclic) bond motifs is 8. The first-order valence-corrected chi connectivity index (χ1v) is 18.5. The van der Waals surface area contributed by atoms with Crippen molar-refractivity contribution >= 4 is 46.4 Å². The Hall–Kier alpha value is -5.44. The van der Waals surface area contributed by atoms with Gasteiger partial charge in [-0.15, -0.1) is 0 Å². The summed E-state index contributed by atoms with van der Waals surface area (Å²) >= 11 is 0. The fraction of sp³-hybridized carbons (Fsp3) is 0.289. The number of H-pyrrole nitrogens is 1. The van der Waals surface area contributed by atoms with Gasteiger partial charge < -0.3 is 28.0 Å². The zero-order chi connectivity index (χ0) is 37.2. The molecule has 0 amide bonds. The van der Waals surface area contributed by atoms with E-state index in [9.17, 15) is 0 Å². The zero-order valence-electron chi connectivity index (χ0n) is 32.2. The van der Waals surface area contributed by atoms with Crippen LogP contribution in [0.2, 0.25) is 0 Å². The summed E-state index contributed by atoms with van der Waals surface area (Å²) in [4.78, 5) is 14.0. The van der Waals surface area contributed by atoms with Gasteiger partial charge in [0.25, 0.3) is 0 Å². The van der Waals surface area contributed by atoms with Gasteiger partial charge in [-0.05, 0) is 96.1 Å². The molecule has 2 aromatic carbocycles. The molecule has 8 heteroatoms. The lowest BCUT2D eigenvalue weighted by molar-refractivity contribution is -0.870. The minimum Gasteiger partial charge on any atom is -0.493 e. The van der Waals surface area contributed by atoms with Gasteiger partial charge in [0, 0.05) is 47.6 Å². The van der Waals surface area contributed by atoms with Crippen molar-refractivity contribution in [3.63, 3.8) is 0 Å². The second kappa shape index (κ2) is 14.9. The van der Waals surface area contributed by atoms with E-state index in [4.69, 9.17) is 19.4 Å². The summed E-state index contributed by atoms with van der Waals surface area (Å²) < 4.78 is 16.3. The molecule has 272 valence electrons. The van der Waals surface area contributed by atoms with E-state index in [2.05, 4.69) is 168 Å². The number of hydrogen-bond acceptors (Lipinski definition) is 4. The highest BCUT2D eigenvalue weighted by Crippen LogP contribution is 2.34. The molecule has 1 N–H and O–H groups in total. The molecule has 2 aliphatic rings. The van der Waals surface area contributed by atoms with Gasteiger partial charge in [-0.1, -0.05) is 24.3 Å². The number of rotatable bonds is 12. The second-order valence-corrected chi connectivity index (χ2v) is 16.1. The molecule has 0 aliphatic carbocycles. The molecule has 53 heavy (non-hydrogen) atoms. The van der Waals surface area contributed by atoms with Crippen LogP contribution in [0, 0.1) is 0 Å². The lowest BCUT2D eigenvalue weighted by atomic mass is 10.0. The highest BCUT2D eigenvalue weighted by atomic mass is 16.5. The number of nitrogens with zero attached hydrogens (tertiary/aromatic N) is 5. The molecule has 8 nitrogen and oxygen atoms in total. The van der Waals surface area contributed by atoms with Crippen molar-refractivity contribution in [2.45, 2.75) is 12.8 Å². The van der Waals surface area contributed by atoms with Crippen LogP contribution in [0.1, 0.15) is 35.6 Å². The van der Waals surface area contributed by atoms with Gasteiger partial charge in [0.1, 0.15) is 11.5 Å². The summed E-state index contributed by atoms with van der Waals surface area (Å²) in [5, 5.41) is 0. The van der Waals surface area contributed by atoms with Crippen molar-refractivity contribution in [2.75, 3.05) is 68.6 Å². The Morgan fingerprint density at radius 2 is 1.11 bits per heavy atom. The molecule has 0 radical (unpaired) electrons. The van der Waals surface area contributed by atoms with E-state index >= 15 is 0 Å². The topological polar surface area (TPSA) is 65.0 Å².